The van der Waals surface area contributed by atoms with Crippen molar-refractivity contribution in [3.63, 3.8) is 0 Å². The topological polar surface area (TPSA) is 23.6 Å². The van der Waals surface area contributed by atoms with Gasteiger partial charge in [0, 0.05) is 25.7 Å². The van der Waals surface area contributed by atoms with Gasteiger partial charge in [-0.1, -0.05) is 38.1 Å². The van der Waals surface area contributed by atoms with Crippen molar-refractivity contribution >= 4 is 5.91 Å². The van der Waals surface area contributed by atoms with Gasteiger partial charge in [-0.2, -0.15) is 0 Å². The lowest BCUT2D eigenvalue weighted by atomic mass is 9.78. The van der Waals surface area contributed by atoms with Gasteiger partial charge in [0.25, 0.3) is 0 Å². The van der Waals surface area contributed by atoms with E-state index >= 15 is 0 Å². The lowest BCUT2D eigenvalue weighted by molar-refractivity contribution is -0.146. The molecule has 132 valence electrons. The number of carbonyl (C=O) groups is 1. The summed E-state index contributed by atoms with van der Waals surface area (Å²) in [5.74, 6) is 0.948. The molecule has 1 amide bonds. The number of nitrogens with zero attached hydrogens (tertiary/aromatic N) is 2. The highest BCUT2D eigenvalue weighted by atomic mass is 16.2. The molecule has 2 fully saturated rings. The molecular formula is C21H32N2O. The minimum atomic E-state index is -0.111. The third-order valence-electron chi connectivity index (χ3n) is 5.96. The molecule has 3 nitrogen and oxygen atoms in total. The maximum atomic E-state index is 13.2. The summed E-state index contributed by atoms with van der Waals surface area (Å²) in [6.45, 7) is 12.6. The fourth-order valence-electron chi connectivity index (χ4n) is 4.26. The zero-order valence-corrected chi connectivity index (χ0v) is 15.7. The molecule has 2 aliphatic rings. The van der Waals surface area contributed by atoms with Gasteiger partial charge in [-0.15, -0.1) is 0 Å². The highest BCUT2D eigenvalue weighted by Gasteiger charge is 2.48. The van der Waals surface area contributed by atoms with Crippen LogP contribution in [0.5, 0.6) is 0 Å². The average molecular weight is 329 g/mol. The maximum Gasteiger partial charge on any atom is 0.230 e. The van der Waals surface area contributed by atoms with E-state index in [1.54, 1.807) is 0 Å². The Hall–Kier alpha value is -1.35. The number of likely N-dealkylation sites (tertiary alicyclic amines) is 2. The van der Waals surface area contributed by atoms with E-state index in [2.05, 4.69) is 61.8 Å². The second kappa shape index (κ2) is 6.87. The number of amides is 1. The van der Waals surface area contributed by atoms with Crippen molar-refractivity contribution in [2.24, 2.45) is 5.41 Å². The predicted octanol–water partition coefficient (Wildman–Crippen LogP) is 4.03. The number of rotatable bonds is 4. The minimum absolute atomic E-state index is 0.111. The molecule has 1 atom stereocenters. The van der Waals surface area contributed by atoms with E-state index in [9.17, 15) is 4.79 Å². The molecular weight excluding hydrogens is 296 g/mol. The molecule has 1 spiro atoms. The largest absolute Gasteiger partial charge is 0.338 e. The average Bonchev–Trinajstić information content (AvgIpc) is 2.98. The Kier molecular flexibility index (Phi) is 5.00. The number of carbonyl (C=O) groups excluding carboxylic acids is 1. The molecule has 24 heavy (non-hydrogen) atoms. The number of piperidine rings is 1. The summed E-state index contributed by atoms with van der Waals surface area (Å²) in [4.78, 5) is 17.8. The van der Waals surface area contributed by atoms with E-state index in [0.717, 1.165) is 45.4 Å². The normalized spacial score (nSPS) is 25.4. The van der Waals surface area contributed by atoms with Crippen LogP contribution in [-0.2, 0) is 11.3 Å². The third kappa shape index (κ3) is 3.37. The highest BCUT2D eigenvalue weighted by molar-refractivity contribution is 5.84. The molecule has 3 heteroatoms. The summed E-state index contributed by atoms with van der Waals surface area (Å²) >= 11 is 0. The quantitative estimate of drug-likeness (QED) is 0.833. The van der Waals surface area contributed by atoms with Crippen LogP contribution in [0.2, 0.25) is 0 Å². The van der Waals surface area contributed by atoms with Crippen molar-refractivity contribution in [3.05, 3.63) is 35.4 Å². The molecule has 0 saturated carbocycles. The molecule has 0 bridgehead atoms. The van der Waals surface area contributed by atoms with Crippen LogP contribution in [0.4, 0.5) is 0 Å². The van der Waals surface area contributed by atoms with Gasteiger partial charge in [-0.3, -0.25) is 9.69 Å². The van der Waals surface area contributed by atoms with E-state index in [1.165, 1.54) is 11.1 Å². The predicted molar refractivity (Wildman–Crippen MR) is 98.9 cm³/mol. The molecule has 0 radical (unpaired) electrons. The Labute approximate surface area is 147 Å². The molecule has 2 heterocycles. The van der Waals surface area contributed by atoms with Crippen LogP contribution in [0.1, 0.15) is 64.0 Å². The Balaban J connectivity index is 1.69. The van der Waals surface area contributed by atoms with E-state index in [0.29, 0.717) is 17.9 Å². The van der Waals surface area contributed by atoms with E-state index in [1.807, 2.05) is 0 Å². The second-order valence-corrected chi connectivity index (χ2v) is 8.32. The van der Waals surface area contributed by atoms with E-state index < -0.39 is 0 Å². The van der Waals surface area contributed by atoms with Crippen LogP contribution in [0, 0.1) is 5.41 Å². The Morgan fingerprint density at radius 1 is 1.04 bits per heavy atom. The summed E-state index contributed by atoms with van der Waals surface area (Å²) in [6.07, 6.45) is 3.24. The van der Waals surface area contributed by atoms with Gasteiger partial charge in [-0.25, -0.2) is 0 Å². The van der Waals surface area contributed by atoms with Crippen LogP contribution >= 0.6 is 0 Å². The van der Waals surface area contributed by atoms with Gasteiger partial charge < -0.3 is 4.90 Å². The first kappa shape index (κ1) is 17.5. The summed E-state index contributed by atoms with van der Waals surface area (Å²) in [7, 11) is 0. The zero-order chi connectivity index (χ0) is 17.3. The molecule has 0 N–H and O–H groups in total. The van der Waals surface area contributed by atoms with E-state index in [-0.39, 0.29) is 5.41 Å². The van der Waals surface area contributed by atoms with E-state index in [4.69, 9.17) is 0 Å². The standard InChI is InChI=1S/C21H32N2O/c1-16(2)19-8-6-18(7-9-19)14-22-12-5-10-21(20(22)24)11-13-23(15-21)17(3)4/h6-9,16-17H,5,10-15H2,1-4H3. The Bertz CT molecular complexity index is 578. The van der Waals surface area contributed by atoms with Crippen LogP contribution < -0.4 is 0 Å². The van der Waals surface area contributed by atoms with Crippen molar-refractivity contribution in [1.82, 2.24) is 9.80 Å². The van der Waals surface area contributed by atoms with Crippen LogP contribution in [0.3, 0.4) is 0 Å². The number of hydrogen-bond acceptors (Lipinski definition) is 2. The summed E-state index contributed by atoms with van der Waals surface area (Å²) < 4.78 is 0. The molecule has 3 rings (SSSR count). The molecule has 1 aromatic carbocycles. The summed E-state index contributed by atoms with van der Waals surface area (Å²) in [6, 6.07) is 9.34. The molecule has 1 aromatic rings. The molecule has 2 aliphatic heterocycles. The lowest BCUT2D eigenvalue weighted by Gasteiger charge is -2.40. The first-order valence-corrected chi connectivity index (χ1v) is 9.53. The van der Waals surface area contributed by atoms with Crippen LogP contribution in [0.25, 0.3) is 0 Å². The first-order valence-electron chi connectivity index (χ1n) is 9.53. The molecule has 0 aliphatic carbocycles. The smallest absolute Gasteiger partial charge is 0.230 e. The highest BCUT2D eigenvalue weighted by Crippen LogP contribution is 2.41. The Morgan fingerprint density at radius 2 is 1.75 bits per heavy atom. The van der Waals surface area contributed by atoms with Crippen molar-refractivity contribution in [2.45, 2.75) is 65.5 Å². The van der Waals surface area contributed by atoms with Gasteiger partial charge in [-0.05, 0) is 56.7 Å². The maximum absolute atomic E-state index is 13.2. The fraction of sp³-hybridized carbons (Fsp3) is 0.667. The van der Waals surface area contributed by atoms with Crippen molar-refractivity contribution in [2.75, 3.05) is 19.6 Å². The van der Waals surface area contributed by atoms with Gasteiger partial charge in [0.1, 0.15) is 0 Å². The second-order valence-electron chi connectivity index (χ2n) is 8.32. The summed E-state index contributed by atoms with van der Waals surface area (Å²) in [5, 5.41) is 0. The van der Waals surface area contributed by atoms with Gasteiger partial charge in [0.15, 0.2) is 0 Å². The van der Waals surface area contributed by atoms with Gasteiger partial charge in [0.2, 0.25) is 5.91 Å². The van der Waals surface area contributed by atoms with Crippen molar-refractivity contribution < 1.29 is 4.79 Å². The minimum Gasteiger partial charge on any atom is -0.338 e. The van der Waals surface area contributed by atoms with Crippen LogP contribution in [0.15, 0.2) is 24.3 Å². The van der Waals surface area contributed by atoms with Crippen molar-refractivity contribution in [3.8, 4) is 0 Å². The van der Waals surface area contributed by atoms with Gasteiger partial charge >= 0.3 is 0 Å². The lowest BCUT2D eigenvalue weighted by Crippen LogP contribution is -2.50. The fourth-order valence-corrected chi connectivity index (χ4v) is 4.26. The molecule has 1 unspecified atom stereocenters. The monoisotopic (exact) mass is 328 g/mol. The number of benzene rings is 1. The summed E-state index contributed by atoms with van der Waals surface area (Å²) in [5.41, 5.74) is 2.51. The first-order chi connectivity index (χ1) is 11.4. The van der Waals surface area contributed by atoms with Crippen LogP contribution in [-0.4, -0.2) is 41.4 Å². The zero-order valence-electron chi connectivity index (χ0n) is 15.7. The van der Waals surface area contributed by atoms with Gasteiger partial charge in [0.05, 0.1) is 5.41 Å². The SMILES string of the molecule is CC(C)c1ccc(CN2CCCC3(CCN(C(C)C)C3)C2=O)cc1. The Morgan fingerprint density at radius 3 is 2.33 bits per heavy atom. The third-order valence-corrected chi connectivity index (χ3v) is 5.96. The van der Waals surface area contributed by atoms with Crippen molar-refractivity contribution in [1.29, 1.82) is 0 Å². The molecule has 2 saturated heterocycles. The number of hydrogen-bond donors (Lipinski definition) is 0. The molecule has 0 aromatic heterocycles.